The van der Waals surface area contributed by atoms with Crippen LogP contribution in [0.1, 0.15) is 30.4 Å². The zero-order chi connectivity index (χ0) is 24.0. The number of anilines is 1. The molecule has 2 saturated heterocycles. The molecule has 11 heteroatoms. The fourth-order valence-corrected chi connectivity index (χ4v) is 9.15. The molecule has 1 atom stereocenters. The van der Waals surface area contributed by atoms with Crippen molar-refractivity contribution in [2.24, 2.45) is 0 Å². The molecular formula is C23H27ClN4O3S3. The maximum absolute atomic E-state index is 13.5. The molecule has 2 aliphatic rings. The molecule has 1 unspecified atom stereocenters. The van der Waals surface area contributed by atoms with E-state index >= 15 is 0 Å². The Bertz CT molecular complexity index is 1330. The lowest BCUT2D eigenvalue weighted by Crippen LogP contribution is -2.57. The maximum atomic E-state index is 13.5. The Hall–Kier alpha value is -1.72. The Morgan fingerprint density at radius 2 is 1.82 bits per heavy atom. The van der Waals surface area contributed by atoms with E-state index in [4.69, 9.17) is 16.6 Å². The van der Waals surface area contributed by atoms with E-state index in [0.29, 0.717) is 43.5 Å². The monoisotopic (exact) mass is 538 g/mol. The van der Waals surface area contributed by atoms with Crippen LogP contribution in [0.15, 0.2) is 28.5 Å². The molecule has 1 amide bonds. The van der Waals surface area contributed by atoms with Gasteiger partial charge in [-0.05, 0) is 56.0 Å². The van der Waals surface area contributed by atoms with Gasteiger partial charge in [-0.25, -0.2) is 13.4 Å². The standard InChI is InChI=1S/C23H27ClN4O3S3/c1-15-13-16(2)21-17(14-15)25-23(33-21)27-11-9-26(10-12-27)22(29)18-5-3-4-8-28(18)34(30,31)20-7-6-19(24)32-20/h6-7,13-14,18H,3-5,8-12H2,1-2H3. The summed E-state index contributed by atoms with van der Waals surface area (Å²) in [5.41, 5.74) is 3.46. The van der Waals surface area contributed by atoms with Crippen LogP contribution in [0, 0.1) is 13.8 Å². The number of amides is 1. The second kappa shape index (κ2) is 9.39. The fraction of sp³-hybridized carbons (Fsp3) is 0.478. The molecule has 0 radical (unpaired) electrons. The van der Waals surface area contributed by atoms with Gasteiger partial charge in [0.05, 0.1) is 14.6 Å². The highest BCUT2D eigenvalue weighted by Crippen LogP contribution is 2.34. The Morgan fingerprint density at radius 3 is 2.53 bits per heavy atom. The molecule has 182 valence electrons. The van der Waals surface area contributed by atoms with E-state index in [0.717, 1.165) is 34.8 Å². The van der Waals surface area contributed by atoms with Gasteiger partial charge in [0, 0.05) is 32.7 Å². The van der Waals surface area contributed by atoms with Crippen LogP contribution in [-0.4, -0.2) is 67.3 Å². The number of piperidine rings is 1. The summed E-state index contributed by atoms with van der Waals surface area (Å²) in [6.45, 7) is 7.04. The van der Waals surface area contributed by atoms with Crippen molar-refractivity contribution >= 4 is 65.6 Å². The number of benzene rings is 1. The minimum atomic E-state index is -3.75. The molecule has 3 aromatic rings. The number of halogens is 1. The smallest absolute Gasteiger partial charge is 0.253 e. The molecule has 0 aliphatic carbocycles. The number of aryl methyl sites for hydroxylation is 2. The molecular weight excluding hydrogens is 512 g/mol. The largest absolute Gasteiger partial charge is 0.345 e. The average Bonchev–Trinajstić information content (AvgIpc) is 3.46. The van der Waals surface area contributed by atoms with Crippen LogP contribution in [-0.2, 0) is 14.8 Å². The van der Waals surface area contributed by atoms with Gasteiger partial charge in [-0.15, -0.1) is 11.3 Å². The number of fused-ring (bicyclic) bond motifs is 1. The molecule has 0 spiro atoms. The lowest BCUT2D eigenvalue weighted by atomic mass is 10.0. The number of hydrogen-bond acceptors (Lipinski definition) is 7. The summed E-state index contributed by atoms with van der Waals surface area (Å²) < 4.78 is 29.8. The first-order valence-corrected chi connectivity index (χ1v) is 14.9. The van der Waals surface area contributed by atoms with Gasteiger partial charge in [0.25, 0.3) is 10.0 Å². The first-order valence-electron chi connectivity index (χ1n) is 11.4. The lowest BCUT2D eigenvalue weighted by Gasteiger charge is -2.40. The van der Waals surface area contributed by atoms with Gasteiger partial charge in [-0.1, -0.05) is 35.4 Å². The van der Waals surface area contributed by atoms with Gasteiger partial charge in [0.1, 0.15) is 10.3 Å². The highest BCUT2D eigenvalue weighted by atomic mass is 35.5. The fourth-order valence-electron chi connectivity index (χ4n) is 4.82. The van der Waals surface area contributed by atoms with Crippen LogP contribution in [0.2, 0.25) is 4.34 Å². The molecule has 2 aliphatic heterocycles. The number of thiophene rings is 1. The summed E-state index contributed by atoms with van der Waals surface area (Å²) in [7, 11) is -3.75. The summed E-state index contributed by atoms with van der Waals surface area (Å²) >= 11 is 8.72. The van der Waals surface area contributed by atoms with Crippen LogP contribution < -0.4 is 4.90 Å². The second-order valence-corrected chi connectivity index (χ2v) is 13.7. The van der Waals surface area contributed by atoms with Crippen LogP contribution in [0.25, 0.3) is 10.2 Å². The Morgan fingerprint density at radius 1 is 1.06 bits per heavy atom. The molecule has 7 nitrogen and oxygen atoms in total. The van der Waals surface area contributed by atoms with Crippen molar-refractivity contribution in [3.05, 3.63) is 39.7 Å². The predicted molar refractivity (Wildman–Crippen MR) is 139 cm³/mol. The first-order chi connectivity index (χ1) is 16.2. The molecule has 0 bridgehead atoms. The number of rotatable bonds is 4. The average molecular weight is 539 g/mol. The van der Waals surface area contributed by atoms with Crippen LogP contribution in [0.3, 0.4) is 0 Å². The van der Waals surface area contributed by atoms with Gasteiger partial charge in [-0.2, -0.15) is 4.31 Å². The number of piperazine rings is 1. The van der Waals surface area contributed by atoms with E-state index in [1.807, 2.05) is 4.90 Å². The Labute approximate surface area is 213 Å². The van der Waals surface area contributed by atoms with Crippen molar-refractivity contribution in [2.75, 3.05) is 37.6 Å². The summed E-state index contributed by atoms with van der Waals surface area (Å²) in [4.78, 5) is 22.4. The van der Waals surface area contributed by atoms with Gasteiger partial charge in [0.2, 0.25) is 5.91 Å². The number of aromatic nitrogens is 1. The molecule has 0 N–H and O–H groups in total. The maximum Gasteiger partial charge on any atom is 0.253 e. The zero-order valence-electron chi connectivity index (χ0n) is 19.2. The first kappa shape index (κ1) is 24.0. The molecule has 2 fully saturated rings. The minimum Gasteiger partial charge on any atom is -0.345 e. The van der Waals surface area contributed by atoms with E-state index in [9.17, 15) is 13.2 Å². The van der Waals surface area contributed by atoms with E-state index in [-0.39, 0.29) is 10.1 Å². The minimum absolute atomic E-state index is 0.0960. The number of nitrogens with zero attached hydrogens (tertiary/aromatic N) is 4. The third-order valence-electron chi connectivity index (χ3n) is 6.52. The molecule has 34 heavy (non-hydrogen) atoms. The number of carbonyl (C=O) groups is 1. The molecule has 5 rings (SSSR count). The van der Waals surface area contributed by atoms with Crippen LogP contribution >= 0.6 is 34.3 Å². The van der Waals surface area contributed by atoms with Crippen molar-refractivity contribution in [3.8, 4) is 0 Å². The van der Waals surface area contributed by atoms with E-state index in [1.54, 1.807) is 17.4 Å². The number of thiazole rings is 1. The number of carbonyl (C=O) groups excluding carboxylic acids is 1. The highest BCUT2D eigenvalue weighted by molar-refractivity contribution is 7.91. The molecule has 4 heterocycles. The number of hydrogen-bond donors (Lipinski definition) is 0. The van der Waals surface area contributed by atoms with Crippen molar-refractivity contribution in [2.45, 2.75) is 43.4 Å². The van der Waals surface area contributed by atoms with Crippen LogP contribution in [0.5, 0.6) is 0 Å². The second-order valence-electron chi connectivity index (χ2n) is 8.92. The predicted octanol–water partition coefficient (Wildman–Crippen LogP) is 4.52. The van der Waals surface area contributed by atoms with Crippen molar-refractivity contribution < 1.29 is 13.2 Å². The molecule has 2 aromatic heterocycles. The highest BCUT2D eigenvalue weighted by Gasteiger charge is 2.40. The van der Waals surface area contributed by atoms with Crippen molar-refractivity contribution in [1.82, 2.24) is 14.2 Å². The van der Waals surface area contributed by atoms with Gasteiger partial charge in [-0.3, -0.25) is 4.79 Å². The number of sulfonamides is 1. The lowest BCUT2D eigenvalue weighted by molar-refractivity contribution is -0.136. The molecule has 0 saturated carbocycles. The quantitative estimate of drug-likeness (QED) is 0.488. The Kier molecular flexibility index (Phi) is 6.62. The van der Waals surface area contributed by atoms with Crippen LogP contribution in [0.4, 0.5) is 5.13 Å². The van der Waals surface area contributed by atoms with E-state index in [1.165, 1.54) is 26.2 Å². The third kappa shape index (κ3) is 4.46. The van der Waals surface area contributed by atoms with Gasteiger partial charge < -0.3 is 9.80 Å². The summed E-state index contributed by atoms with van der Waals surface area (Å²) in [5, 5.41) is 0.979. The summed E-state index contributed by atoms with van der Waals surface area (Å²) in [5.74, 6) is -0.0960. The normalized spacial score (nSPS) is 20.3. The van der Waals surface area contributed by atoms with Gasteiger partial charge in [0.15, 0.2) is 5.13 Å². The van der Waals surface area contributed by atoms with E-state index in [2.05, 4.69) is 30.9 Å². The van der Waals surface area contributed by atoms with Crippen molar-refractivity contribution in [1.29, 1.82) is 0 Å². The summed E-state index contributed by atoms with van der Waals surface area (Å²) in [6, 6.07) is 6.75. The Balaban J connectivity index is 1.29. The third-order valence-corrected chi connectivity index (χ3v) is 11.4. The topological polar surface area (TPSA) is 73.8 Å². The molecule has 1 aromatic carbocycles. The van der Waals surface area contributed by atoms with Gasteiger partial charge >= 0.3 is 0 Å². The zero-order valence-corrected chi connectivity index (χ0v) is 22.4. The summed E-state index contributed by atoms with van der Waals surface area (Å²) in [6.07, 6.45) is 2.15. The van der Waals surface area contributed by atoms with E-state index < -0.39 is 16.1 Å². The SMILES string of the molecule is Cc1cc(C)c2sc(N3CCN(C(=O)C4CCCCN4S(=O)(=O)c4ccc(Cl)s4)CC3)nc2c1. The van der Waals surface area contributed by atoms with Crippen molar-refractivity contribution in [3.63, 3.8) is 0 Å².